The molecule has 0 bridgehead atoms. The number of rotatable bonds is 8. The van der Waals surface area contributed by atoms with Crippen molar-refractivity contribution in [2.75, 3.05) is 31.2 Å². The molecule has 1 unspecified atom stereocenters. The summed E-state index contributed by atoms with van der Waals surface area (Å²) in [6.07, 6.45) is 4.18. The van der Waals surface area contributed by atoms with Crippen LogP contribution in [0.4, 0.5) is 5.69 Å². The molecule has 1 aromatic heterocycles. The van der Waals surface area contributed by atoms with Gasteiger partial charge in [-0.15, -0.1) is 0 Å². The fraction of sp³-hybridized carbons (Fsp3) is 0.552. The summed E-state index contributed by atoms with van der Waals surface area (Å²) in [4.78, 5) is 45.2. The number of anilines is 1. The van der Waals surface area contributed by atoms with Gasteiger partial charge in [0.15, 0.2) is 0 Å². The van der Waals surface area contributed by atoms with Gasteiger partial charge in [0.25, 0.3) is 5.91 Å². The van der Waals surface area contributed by atoms with E-state index in [4.69, 9.17) is 4.42 Å². The van der Waals surface area contributed by atoms with Crippen molar-refractivity contribution in [3.05, 3.63) is 54.5 Å². The Balaban J connectivity index is 1.43. The second kappa shape index (κ2) is 11.0. The first-order chi connectivity index (χ1) is 17.6. The Morgan fingerprint density at radius 1 is 1.08 bits per heavy atom. The number of furan rings is 1. The molecule has 8 nitrogen and oxygen atoms in total. The third kappa shape index (κ3) is 6.35. The van der Waals surface area contributed by atoms with Crippen LogP contribution in [0.25, 0.3) is 0 Å². The zero-order valence-electron chi connectivity index (χ0n) is 22.5. The highest BCUT2D eigenvalue weighted by Crippen LogP contribution is 2.39. The molecule has 4 rings (SSSR count). The maximum absolute atomic E-state index is 13.8. The molecule has 2 saturated heterocycles. The van der Waals surface area contributed by atoms with E-state index in [1.54, 1.807) is 23.3 Å². The zero-order chi connectivity index (χ0) is 26.6. The highest BCUT2D eigenvalue weighted by molar-refractivity contribution is 5.96. The second-order valence-electron chi connectivity index (χ2n) is 11.8. The summed E-state index contributed by atoms with van der Waals surface area (Å²) < 4.78 is 5.28. The van der Waals surface area contributed by atoms with Crippen molar-refractivity contribution >= 4 is 23.4 Å². The molecule has 1 spiro atoms. The topological polar surface area (TPSA) is 86.1 Å². The molecule has 1 aromatic carbocycles. The molecule has 0 saturated carbocycles. The van der Waals surface area contributed by atoms with Gasteiger partial charge in [-0.1, -0.05) is 45.9 Å². The van der Waals surface area contributed by atoms with Gasteiger partial charge in [0.05, 0.1) is 19.5 Å². The predicted molar refractivity (Wildman–Crippen MR) is 142 cm³/mol. The van der Waals surface area contributed by atoms with Crippen molar-refractivity contribution in [1.29, 1.82) is 0 Å². The maximum atomic E-state index is 13.8. The standard InChI is InChI=1S/C29H40N4O4/c1-22(18-28(2,3)4)17-26(35)31-14-12-29(13-15-31)27(36)32(21-33(29)23-9-6-5-7-10-23)20-25(34)30-19-24-11-8-16-37-24/h5-11,16,22H,12-15,17-21H2,1-4H3,(H,30,34). The van der Waals surface area contributed by atoms with Crippen molar-refractivity contribution < 1.29 is 18.8 Å². The van der Waals surface area contributed by atoms with Gasteiger partial charge in [-0.2, -0.15) is 0 Å². The average Bonchev–Trinajstić information content (AvgIpc) is 3.46. The lowest BCUT2D eigenvalue weighted by Gasteiger charge is -2.43. The molecule has 200 valence electrons. The summed E-state index contributed by atoms with van der Waals surface area (Å²) >= 11 is 0. The number of benzene rings is 1. The number of carbonyl (C=O) groups is 3. The SMILES string of the molecule is CC(CC(=O)N1CCC2(CC1)C(=O)N(CC(=O)NCc1ccco1)CN2c1ccccc1)CC(C)(C)C. The number of hydrogen-bond donors (Lipinski definition) is 1. The number of nitrogens with one attached hydrogen (secondary N) is 1. The lowest BCUT2D eigenvalue weighted by Crippen LogP contribution is -2.57. The predicted octanol–water partition coefficient (Wildman–Crippen LogP) is 4.03. The molecule has 2 aliphatic rings. The van der Waals surface area contributed by atoms with E-state index in [0.29, 0.717) is 50.7 Å². The van der Waals surface area contributed by atoms with Gasteiger partial charge in [0.2, 0.25) is 11.8 Å². The first kappa shape index (κ1) is 26.8. The Morgan fingerprint density at radius 2 is 1.78 bits per heavy atom. The minimum atomic E-state index is -0.754. The number of nitrogens with zero attached hydrogens (tertiary/aromatic N) is 3. The van der Waals surface area contributed by atoms with Gasteiger partial charge in [-0.25, -0.2) is 0 Å². The molecular formula is C29H40N4O4. The Kier molecular flexibility index (Phi) is 7.95. The largest absolute Gasteiger partial charge is 0.467 e. The minimum Gasteiger partial charge on any atom is -0.467 e. The van der Waals surface area contributed by atoms with Gasteiger partial charge < -0.3 is 24.4 Å². The summed E-state index contributed by atoms with van der Waals surface area (Å²) in [5, 5.41) is 2.84. The Labute approximate surface area is 220 Å². The maximum Gasteiger partial charge on any atom is 0.250 e. The first-order valence-electron chi connectivity index (χ1n) is 13.3. The lowest BCUT2D eigenvalue weighted by molar-refractivity contribution is -0.140. The van der Waals surface area contributed by atoms with E-state index >= 15 is 0 Å². The van der Waals surface area contributed by atoms with Crippen LogP contribution in [0, 0.1) is 11.3 Å². The number of likely N-dealkylation sites (tertiary alicyclic amines) is 1. The van der Waals surface area contributed by atoms with Crippen molar-refractivity contribution in [3.63, 3.8) is 0 Å². The molecule has 2 fully saturated rings. The second-order valence-corrected chi connectivity index (χ2v) is 11.8. The van der Waals surface area contributed by atoms with Gasteiger partial charge in [-0.3, -0.25) is 14.4 Å². The molecule has 1 atom stereocenters. The van der Waals surface area contributed by atoms with Crippen LogP contribution in [0.2, 0.25) is 0 Å². The molecule has 0 aliphatic carbocycles. The van der Waals surface area contributed by atoms with Crippen LogP contribution in [0.15, 0.2) is 53.1 Å². The molecule has 8 heteroatoms. The lowest BCUT2D eigenvalue weighted by atomic mass is 9.83. The zero-order valence-corrected chi connectivity index (χ0v) is 22.5. The normalized spacial score (nSPS) is 18.4. The molecule has 2 aromatic rings. The van der Waals surface area contributed by atoms with E-state index in [0.717, 1.165) is 12.1 Å². The van der Waals surface area contributed by atoms with E-state index in [1.807, 2.05) is 35.2 Å². The summed E-state index contributed by atoms with van der Waals surface area (Å²) in [6.45, 7) is 10.4. The minimum absolute atomic E-state index is 0.0163. The van der Waals surface area contributed by atoms with Gasteiger partial charge >= 0.3 is 0 Å². The van der Waals surface area contributed by atoms with E-state index < -0.39 is 5.54 Å². The third-order valence-electron chi connectivity index (χ3n) is 7.38. The van der Waals surface area contributed by atoms with Crippen LogP contribution in [0.3, 0.4) is 0 Å². The molecule has 37 heavy (non-hydrogen) atoms. The van der Waals surface area contributed by atoms with Gasteiger partial charge in [0, 0.05) is 25.2 Å². The molecule has 1 N–H and O–H groups in total. The Morgan fingerprint density at radius 3 is 2.41 bits per heavy atom. The monoisotopic (exact) mass is 508 g/mol. The Bertz CT molecular complexity index is 1070. The van der Waals surface area contributed by atoms with Crippen LogP contribution >= 0.6 is 0 Å². The molecule has 3 amide bonds. The smallest absolute Gasteiger partial charge is 0.250 e. The Hall–Kier alpha value is -3.29. The van der Waals surface area contributed by atoms with Crippen molar-refractivity contribution in [1.82, 2.24) is 15.1 Å². The van der Waals surface area contributed by atoms with Crippen LogP contribution in [0.1, 0.15) is 59.1 Å². The summed E-state index contributed by atoms with van der Waals surface area (Å²) in [7, 11) is 0. The fourth-order valence-electron chi connectivity index (χ4n) is 5.82. The van der Waals surface area contributed by atoms with Crippen molar-refractivity contribution in [2.24, 2.45) is 11.3 Å². The first-order valence-corrected chi connectivity index (χ1v) is 13.3. The van der Waals surface area contributed by atoms with Crippen LogP contribution in [-0.2, 0) is 20.9 Å². The third-order valence-corrected chi connectivity index (χ3v) is 7.38. The number of amides is 3. The number of carbonyl (C=O) groups excluding carboxylic acids is 3. The molecule has 3 heterocycles. The van der Waals surface area contributed by atoms with Crippen molar-refractivity contribution in [2.45, 2.75) is 65.5 Å². The van der Waals surface area contributed by atoms with Crippen LogP contribution < -0.4 is 10.2 Å². The summed E-state index contributed by atoms with van der Waals surface area (Å²) in [5.41, 5.74) is 0.385. The quantitative estimate of drug-likeness (QED) is 0.582. The highest BCUT2D eigenvalue weighted by Gasteiger charge is 2.54. The van der Waals surface area contributed by atoms with E-state index in [1.165, 1.54) is 0 Å². The van der Waals surface area contributed by atoms with E-state index in [-0.39, 0.29) is 36.2 Å². The number of hydrogen-bond acceptors (Lipinski definition) is 5. The fourth-order valence-corrected chi connectivity index (χ4v) is 5.82. The average molecular weight is 509 g/mol. The summed E-state index contributed by atoms with van der Waals surface area (Å²) in [5.74, 6) is 0.871. The summed E-state index contributed by atoms with van der Waals surface area (Å²) in [6, 6.07) is 13.4. The number of para-hydroxylation sites is 1. The van der Waals surface area contributed by atoms with E-state index in [9.17, 15) is 14.4 Å². The number of piperidine rings is 1. The molecular weight excluding hydrogens is 468 g/mol. The molecule has 2 aliphatic heterocycles. The van der Waals surface area contributed by atoms with Crippen LogP contribution in [-0.4, -0.2) is 59.4 Å². The van der Waals surface area contributed by atoms with Crippen LogP contribution in [0.5, 0.6) is 0 Å². The molecule has 0 radical (unpaired) electrons. The van der Waals surface area contributed by atoms with Gasteiger partial charge in [0.1, 0.15) is 17.8 Å². The highest BCUT2D eigenvalue weighted by atomic mass is 16.3. The van der Waals surface area contributed by atoms with Gasteiger partial charge in [-0.05, 0) is 54.9 Å². The van der Waals surface area contributed by atoms with E-state index in [2.05, 4.69) is 37.9 Å². The van der Waals surface area contributed by atoms with Crippen molar-refractivity contribution in [3.8, 4) is 0 Å².